The second-order valence-corrected chi connectivity index (χ2v) is 9.16. The second-order valence-electron chi connectivity index (χ2n) is 7.87. The van der Waals surface area contributed by atoms with Crippen LogP contribution in [0.3, 0.4) is 0 Å². The van der Waals surface area contributed by atoms with Crippen LogP contribution < -0.4 is 4.90 Å². The zero-order valence-electron chi connectivity index (χ0n) is 17.8. The third kappa shape index (κ3) is 3.40. The van der Waals surface area contributed by atoms with Crippen molar-refractivity contribution in [3.05, 3.63) is 64.9 Å². The van der Waals surface area contributed by atoms with Gasteiger partial charge in [-0.2, -0.15) is 0 Å². The smallest absolute Gasteiger partial charge is 0.338 e. The fraction of sp³-hybridized carbons (Fsp3) is 0.167. The zero-order valence-corrected chi connectivity index (χ0v) is 19.4. The van der Waals surface area contributed by atoms with Crippen LogP contribution in [0.15, 0.2) is 54.3 Å². The molecule has 3 aromatic heterocycles. The lowest BCUT2D eigenvalue weighted by atomic mass is 10.1. The van der Waals surface area contributed by atoms with E-state index < -0.39 is 5.97 Å². The Morgan fingerprint density at radius 3 is 2.76 bits per heavy atom. The number of carboxylic acids is 1. The van der Waals surface area contributed by atoms with Gasteiger partial charge < -0.3 is 14.7 Å². The number of halogens is 1. The second kappa shape index (κ2) is 8.35. The van der Waals surface area contributed by atoms with Crippen LogP contribution >= 0.6 is 22.9 Å². The van der Waals surface area contributed by atoms with Crippen LogP contribution in [0, 0.1) is 0 Å². The van der Waals surface area contributed by atoms with E-state index in [0.717, 1.165) is 21.6 Å². The highest BCUT2D eigenvalue weighted by molar-refractivity contribution is 7.13. The van der Waals surface area contributed by atoms with Gasteiger partial charge >= 0.3 is 5.97 Å². The molecule has 1 aliphatic rings. The Bertz CT molecular complexity index is 1540. The molecule has 0 unspecified atom stereocenters. The number of carboxylic acid groups (broad SMARTS) is 1. The van der Waals surface area contributed by atoms with E-state index in [2.05, 4.69) is 14.9 Å². The number of hydrogen-bond acceptors (Lipinski definition) is 7. The largest absolute Gasteiger partial charge is 0.478 e. The normalized spacial score (nSPS) is 14.2. The van der Waals surface area contributed by atoms with Crippen LogP contribution in [0.5, 0.6) is 0 Å². The van der Waals surface area contributed by atoms with Gasteiger partial charge in [-0.15, -0.1) is 11.3 Å². The van der Waals surface area contributed by atoms with Crippen molar-refractivity contribution in [1.29, 1.82) is 0 Å². The van der Waals surface area contributed by atoms with Gasteiger partial charge in [-0.1, -0.05) is 23.7 Å². The van der Waals surface area contributed by atoms with Crippen molar-refractivity contribution in [3.63, 3.8) is 0 Å². The van der Waals surface area contributed by atoms with Crippen molar-refractivity contribution in [2.24, 2.45) is 0 Å². The summed E-state index contributed by atoms with van der Waals surface area (Å²) in [6.07, 6.45) is 3.44. The third-order valence-corrected chi connectivity index (χ3v) is 7.02. The van der Waals surface area contributed by atoms with Crippen LogP contribution in [0.4, 0.5) is 5.69 Å². The van der Waals surface area contributed by atoms with Gasteiger partial charge in [-0.3, -0.25) is 14.5 Å². The van der Waals surface area contributed by atoms with Crippen molar-refractivity contribution in [3.8, 4) is 16.4 Å². The number of pyridine rings is 1. The lowest BCUT2D eigenvalue weighted by Gasteiger charge is -2.29. The molecule has 5 aromatic rings. The number of benzene rings is 2. The molecule has 0 aliphatic carbocycles. The van der Waals surface area contributed by atoms with Crippen molar-refractivity contribution < 1.29 is 14.6 Å². The van der Waals surface area contributed by atoms with E-state index in [1.54, 1.807) is 30.0 Å². The van der Waals surface area contributed by atoms with E-state index >= 15 is 0 Å². The molecule has 1 N–H and O–H groups in total. The number of thiazole rings is 1. The van der Waals surface area contributed by atoms with E-state index in [0.29, 0.717) is 53.7 Å². The Labute approximate surface area is 203 Å². The van der Waals surface area contributed by atoms with Crippen LogP contribution in [-0.4, -0.2) is 56.9 Å². The number of rotatable bonds is 4. The molecule has 0 spiro atoms. The number of imidazole rings is 1. The number of morpholine rings is 1. The standard InChI is InChI=1S/C24H18ClN5O3S/c25-17-3-1-2-15-18(4-5-27-21(15)17)30-19-11-14(29-6-8-33-9-7-29)10-16(24(31)32)22(19)28-23(30)20-12-26-13-34-20/h1-5,10-13H,6-9H2,(H,31,32). The van der Waals surface area contributed by atoms with Gasteiger partial charge in [0.15, 0.2) is 5.82 Å². The number of ether oxygens (including phenoxy) is 1. The first-order chi connectivity index (χ1) is 16.6. The van der Waals surface area contributed by atoms with E-state index in [-0.39, 0.29) is 5.56 Å². The summed E-state index contributed by atoms with van der Waals surface area (Å²) >= 11 is 7.89. The van der Waals surface area contributed by atoms with E-state index in [4.69, 9.17) is 21.3 Å². The van der Waals surface area contributed by atoms with Gasteiger partial charge in [0.25, 0.3) is 0 Å². The highest BCUT2D eigenvalue weighted by atomic mass is 35.5. The van der Waals surface area contributed by atoms with Crippen molar-refractivity contribution in [2.45, 2.75) is 0 Å². The molecule has 6 rings (SSSR count). The molecule has 1 saturated heterocycles. The maximum absolute atomic E-state index is 12.3. The molecule has 0 saturated carbocycles. The summed E-state index contributed by atoms with van der Waals surface area (Å²) in [6.45, 7) is 2.57. The maximum atomic E-state index is 12.3. The van der Waals surface area contributed by atoms with Gasteiger partial charge in [0.05, 0.1) is 50.9 Å². The number of anilines is 1. The van der Waals surface area contributed by atoms with Crippen LogP contribution in [-0.2, 0) is 4.74 Å². The van der Waals surface area contributed by atoms with Gasteiger partial charge in [0.2, 0.25) is 0 Å². The number of para-hydroxylation sites is 1. The van der Waals surface area contributed by atoms with Crippen molar-refractivity contribution in [1.82, 2.24) is 19.5 Å². The van der Waals surface area contributed by atoms with Crippen molar-refractivity contribution >= 4 is 56.5 Å². The molecular weight excluding hydrogens is 474 g/mol. The van der Waals surface area contributed by atoms with E-state index in [1.807, 2.05) is 28.8 Å². The number of carbonyl (C=O) groups is 1. The third-order valence-electron chi connectivity index (χ3n) is 5.94. The average Bonchev–Trinajstić information content (AvgIpc) is 3.52. The molecule has 1 aliphatic heterocycles. The monoisotopic (exact) mass is 491 g/mol. The minimum absolute atomic E-state index is 0.153. The summed E-state index contributed by atoms with van der Waals surface area (Å²) in [7, 11) is 0. The number of aromatic nitrogens is 4. The first-order valence-electron chi connectivity index (χ1n) is 10.7. The fourth-order valence-corrected chi connectivity index (χ4v) is 5.21. The topological polar surface area (TPSA) is 93.4 Å². The summed E-state index contributed by atoms with van der Waals surface area (Å²) in [5.41, 5.74) is 5.30. The Morgan fingerprint density at radius 2 is 2.00 bits per heavy atom. The number of nitrogens with zero attached hydrogens (tertiary/aromatic N) is 5. The van der Waals surface area contributed by atoms with E-state index in [1.165, 1.54) is 11.3 Å². The first kappa shape index (κ1) is 21.0. The number of aromatic carboxylic acids is 1. The maximum Gasteiger partial charge on any atom is 0.338 e. The lowest BCUT2D eigenvalue weighted by molar-refractivity contribution is 0.0699. The molecular formula is C24H18ClN5O3S. The molecule has 34 heavy (non-hydrogen) atoms. The quantitative estimate of drug-likeness (QED) is 0.382. The first-order valence-corrected chi connectivity index (χ1v) is 11.9. The Morgan fingerprint density at radius 1 is 1.15 bits per heavy atom. The SMILES string of the molecule is O=C(O)c1cc(N2CCOCC2)cc2c1nc(-c1cncs1)n2-c1ccnc2c(Cl)cccc12. The van der Waals surface area contributed by atoms with Crippen LogP contribution in [0.2, 0.25) is 5.02 Å². The lowest BCUT2D eigenvalue weighted by Crippen LogP contribution is -2.36. The van der Waals surface area contributed by atoms with Crippen molar-refractivity contribution in [2.75, 3.05) is 31.2 Å². The van der Waals surface area contributed by atoms with Gasteiger partial charge in [0, 0.05) is 36.6 Å². The van der Waals surface area contributed by atoms with Crippen LogP contribution in [0.1, 0.15) is 10.4 Å². The zero-order chi connectivity index (χ0) is 23.2. The number of hydrogen-bond donors (Lipinski definition) is 1. The average molecular weight is 492 g/mol. The van der Waals surface area contributed by atoms with Gasteiger partial charge in [-0.05, 0) is 24.3 Å². The minimum atomic E-state index is -1.02. The Kier molecular flexibility index (Phi) is 5.17. The number of fused-ring (bicyclic) bond motifs is 2. The van der Waals surface area contributed by atoms with Crippen LogP contribution in [0.25, 0.3) is 38.3 Å². The molecule has 1 fully saturated rings. The minimum Gasteiger partial charge on any atom is -0.478 e. The molecule has 8 nitrogen and oxygen atoms in total. The molecule has 10 heteroatoms. The molecule has 2 aromatic carbocycles. The summed E-state index contributed by atoms with van der Waals surface area (Å²) in [4.78, 5) is 28.8. The Balaban J connectivity index is 1.72. The molecule has 0 radical (unpaired) electrons. The van der Waals surface area contributed by atoms with Gasteiger partial charge in [0.1, 0.15) is 5.52 Å². The summed E-state index contributed by atoms with van der Waals surface area (Å²) in [6, 6.07) is 11.2. The van der Waals surface area contributed by atoms with Gasteiger partial charge in [-0.25, -0.2) is 9.78 Å². The summed E-state index contributed by atoms with van der Waals surface area (Å²) < 4.78 is 7.48. The summed E-state index contributed by atoms with van der Waals surface area (Å²) in [5, 5.41) is 11.5. The predicted molar refractivity (Wildman–Crippen MR) is 132 cm³/mol. The highest BCUT2D eigenvalue weighted by Crippen LogP contribution is 2.37. The molecule has 4 heterocycles. The summed E-state index contributed by atoms with van der Waals surface area (Å²) in [5.74, 6) is -0.408. The molecule has 0 atom stereocenters. The van der Waals surface area contributed by atoms with E-state index in [9.17, 15) is 9.90 Å². The highest BCUT2D eigenvalue weighted by Gasteiger charge is 2.24. The molecule has 0 amide bonds. The molecule has 0 bridgehead atoms. The molecule has 170 valence electrons. The Hall–Kier alpha value is -3.53. The predicted octanol–water partition coefficient (Wildman–Crippen LogP) is 4.89. The fourth-order valence-electron chi connectivity index (χ4n) is 4.39.